The van der Waals surface area contributed by atoms with Crippen LogP contribution in [0, 0.1) is 13.8 Å². The lowest BCUT2D eigenvalue weighted by Crippen LogP contribution is -2.13. The number of aromatic nitrogens is 5. The SMILES string of the molecule is Cc1cc(C(=O)Nc2cnn(Cc3ccccc3)c2)c2c(C)nn(Cc3ccccc3)c2n1. The third-order valence-electron chi connectivity index (χ3n) is 5.50. The maximum atomic E-state index is 13.3. The largest absolute Gasteiger partial charge is 0.319 e. The number of hydrogen-bond acceptors (Lipinski definition) is 4. The summed E-state index contributed by atoms with van der Waals surface area (Å²) < 4.78 is 3.67. The van der Waals surface area contributed by atoms with E-state index in [1.54, 1.807) is 6.20 Å². The van der Waals surface area contributed by atoms with E-state index in [4.69, 9.17) is 4.98 Å². The van der Waals surface area contributed by atoms with Gasteiger partial charge in [0.1, 0.15) is 0 Å². The molecule has 7 nitrogen and oxygen atoms in total. The Morgan fingerprint density at radius 2 is 1.61 bits per heavy atom. The molecule has 3 heterocycles. The molecule has 0 atom stereocenters. The molecule has 33 heavy (non-hydrogen) atoms. The molecule has 1 amide bonds. The van der Waals surface area contributed by atoms with Crippen molar-refractivity contribution >= 4 is 22.6 Å². The Labute approximate surface area is 191 Å². The third-order valence-corrected chi connectivity index (χ3v) is 5.50. The molecule has 0 bridgehead atoms. The normalized spacial score (nSPS) is 11.1. The van der Waals surface area contributed by atoms with E-state index >= 15 is 0 Å². The number of pyridine rings is 1. The molecule has 0 aliphatic heterocycles. The molecule has 3 aromatic heterocycles. The molecule has 7 heteroatoms. The van der Waals surface area contributed by atoms with Gasteiger partial charge in [0.05, 0.1) is 41.6 Å². The summed E-state index contributed by atoms with van der Waals surface area (Å²) in [5, 5.41) is 12.8. The zero-order valence-electron chi connectivity index (χ0n) is 18.6. The van der Waals surface area contributed by atoms with Crippen LogP contribution in [-0.2, 0) is 13.1 Å². The fourth-order valence-corrected chi connectivity index (χ4v) is 4.01. The lowest BCUT2D eigenvalue weighted by molar-refractivity contribution is 0.102. The average molecular weight is 437 g/mol. The van der Waals surface area contributed by atoms with E-state index in [1.807, 2.05) is 84.0 Å². The molecule has 164 valence electrons. The minimum absolute atomic E-state index is 0.202. The second kappa shape index (κ2) is 8.70. The maximum absolute atomic E-state index is 13.3. The number of fused-ring (bicyclic) bond motifs is 1. The highest BCUT2D eigenvalue weighted by Crippen LogP contribution is 2.24. The van der Waals surface area contributed by atoms with E-state index in [2.05, 4.69) is 27.6 Å². The van der Waals surface area contributed by atoms with E-state index < -0.39 is 0 Å². The van der Waals surface area contributed by atoms with E-state index in [-0.39, 0.29) is 5.91 Å². The molecule has 0 fully saturated rings. The monoisotopic (exact) mass is 436 g/mol. The van der Waals surface area contributed by atoms with Crippen LogP contribution in [0.4, 0.5) is 5.69 Å². The molecule has 0 aliphatic carbocycles. The van der Waals surface area contributed by atoms with Gasteiger partial charge in [-0.05, 0) is 31.0 Å². The smallest absolute Gasteiger partial charge is 0.256 e. The summed E-state index contributed by atoms with van der Waals surface area (Å²) in [5.41, 5.74) is 5.73. The van der Waals surface area contributed by atoms with Crippen molar-refractivity contribution in [3.05, 3.63) is 107 Å². The van der Waals surface area contributed by atoms with Crippen LogP contribution in [0.3, 0.4) is 0 Å². The van der Waals surface area contributed by atoms with E-state index in [9.17, 15) is 4.79 Å². The number of amides is 1. The van der Waals surface area contributed by atoms with Gasteiger partial charge in [-0.25, -0.2) is 9.67 Å². The van der Waals surface area contributed by atoms with Crippen LogP contribution in [-0.4, -0.2) is 30.5 Å². The molecule has 5 rings (SSSR count). The molecular formula is C26H24N6O. The van der Waals surface area contributed by atoms with E-state index in [1.165, 1.54) is 0 Å². The summed E-state index contributed by atoms with van der Waals surface area (Å²) >= 11 is 0. The van der Waals surface area contributed by atoms with E-state index in [0.717, 1.165) is 27.9 Å². The molecule has 0 unspecified atom stereocenters. The standard InChI is InChI=1S/C26H24N6O/c1-18-13-23(24-19(2)30-32(25(24)28-18)16-21-11-7-4-8-12-21)26(33)29-22-14-27-31(17-22)15-20-9-5-3-6-10-20/h3-14,17H,15-16H2,1-2H3,(H,29,33). The van der Waals surface area contributed by atoms with Gasteiger partial charge >= 0.3 is 0 Å². The van der Waals surface area contributed by atoms with Gasteiger partial charge in [-0.15, -0.1) is 0 Å². The fourth-order valence-electron chi connectivity index (χ4n) is 4.01. The molecule has 0 saturated heterocycles. The molecule has 0 aliphatic rings. The molecule has 5 aromatic rings. The van der Waals surface area contributed by atoms with Crippen LogP contribution in [0.25, 0.3) is 11.0 Å². The third kappa shape index (κ3) is 4.39. The molecule has 2 aromatic carbocycles. The van der Waals surface area contributed by atoms with Gasteiger partial charge in [-0.1, -0.05) is 60.7 Å². The number of rotatable bonds is 6. The van der Waals surface area contributed by atoms with Gasteiger partial charge < -0.3 is 5.32 Å². The van der Waals surface area contributed by atoms with Crippen LogP contribution >= 0.6 is 0 Å². The lowest BCUT2D eigenvalue weighted by Gasteiger charge is -2.07. The Balaban J connectivity index is 1.42. The number of aryl methyl sites for hydroxylation is 2. The first-order valence-corrected chi connectivity index (χ1v) is 10.8. The van der Waals surface area contributed by atoms with Crippen molar-refractivity contribution in [2.45, 2.75) is 26.9 Å². The van der Waals surface area contributed by atoms with Crippen molar-refractivity contribution in [2.24, 2.45) is 0 Å². The average Bonchev–Trinajstić information content (AvgIpc) is 3.38. The lowest BCUT2D eigenvalue weighted by atomic mass is 10.1. The predicted molar refractivity (Wildman–Crippen MR) is 128 cm³/mol. The Hall–Kier alpha value is -4.26. The number of carbonyl (C=O) groups excluding carboxylic acids is 1. The molecular weight excluding hydrogens is 412 g/mol. The van der Waals surface area contributed by atoms with E-state index in [0.29, 0.717) is 30.0 Å². The van der Waals surface area contributed by atoms with Crippen LogP contribution in [0.2, 0.25) is 0 Å². The first kappa shape index (κ1) is 20.6. The van der Waals surface area contributed by atoms with Crippen LogP contribution < -0.4 is 5.32 Å². The number of benzene rings is 2. The van der Waals surface area contributed by atoms with Crippen LogP contribution in [0.5, 0.6) is 0 Å². The van der Waals surface area contributed by atoms with Gasteiger partial charge in [0.25, 0.3) is 5.91 Å². The van der Waals surface area contributed by atoms with Gasteiger partial charge in [0.15, 0.2) is 5.65 Å². The van der Waals surface area contributed by atoms with Crippen molar-refractivity contribution in [3.8, 4) is 0 Å². The Morgan fingerprint density at radius 1 is 0.939 bits per heavy atom. The van der Waals surface area contributed by atoms with Crippen molar-refractivity contribution in [2.75, 3.05) is 5.32 Å². The molecule has 0 spiro atoms. The Kier molecular flexibility index (Phi) is 5.44. The zero-order valence-corrected chi connectivity index (χ0v) is 18.6. The number of nitrogens with zero attached hydrogens (tertiary/aromatic N) is 5. The summed E-state index contributed by atoms with van der Waals surface area (Å²) in [6, 6.07) is 22.0. The summed E-state index contributed by atoms with van der Waals surface area (Å²) in [4.78, 5) is 18.0. The first-order valence-electron chi connectivity index (χ1n) is 10.8. The van der Waals surface area contributed by atoms with Crippen LogP contribution in [0.1, 0.15) is 32.9 Å². The summed E-state index contributed by atoms with van der Waals surface area (Å²) in [6.45, 7) is 5.04. The van der Waals surface area contributed by atoms with Crippen molar-refractivity contribution in [1.29, 1.82) is 0 Å². The molecule has 0 saturated carbocycles. The fraction of sp³-hybridized carbons (Fsp3) is 0.154. The Morgan fingerprint density at radius 3 is 2.30 bits per heavy atom. The van der Waals surface area contributed by atoms with Crippen molar-refractivity contribution < 1.29 is 4.79 Å². The predicted octanol–water partition coefficient (Wildman–Crippen LogP) is 4.59. The number of anilines is 1. The summed E-state index contributed by atoms with van der Waals surface area (Å²) in [6.07, 6.45) is 3.50. The topological polar surface area (TPSA) is 77.6 Å². The number of nitrogens with one attached hydrogen (secondary N) is 1. The zero-order chi connectivity index (χ0) is 22.8. The van der Waals surface area contributed by atoms with Gasteiger partial charge in [0, 0.05) is 11.9 Å². The van der Waals surface area contributed by atoms with Gasteiger partial charge in [-0.2, -0.15) is 10.2 Å². The second-order valence-corrected chi connectivity index (χ2v) is 8.10. The van der Waals surface area contributed by atoms with Gasteiger partial charge in [0.2, 0.25) is 0 Å². The highest BCUT2D eigenvalue weighted by molar-refractivity contribution is 6.12. The van der Waals surface area contributed by atoms with Crippen LogP contribution in [0.15, 0.2) is 79.1 Å². The number of hydrogen-bond donors (Lipinski definition) is 1. The van der Waals surface area contributed by atoms with Crippen molar-refractivity contribution in [3.63, 3.8) is 0 Å². The van der Waals surface area contributed by atoms with Crippen molar-refractivity contribution in [1.82, 2.24) is 24.5 Å². The Bertz CT molecular complexity index is 1420. The second-order valence-electron chi connectivity index (χ2n) is 8.10. The summed E-state index contributed by atoms with van der Waals surface area (Å²) in [5.74, 6) is -0.202. The first-order chi connectivity index (χ1) is 16.1. The van der Waals surface area contributed by atoms with Gasteiger partial charge in [-0.3, -0.25) is 9.48 Å². The highest BCUT2D eigenvalue weighted by Gasteiger charge is 2.19. The quantitative estimate of drug-likeness (QED) is 0.422. The summed E-state index contributed by atoms with van der Waals surface area (Å²) in [7, 11) is 0. The minimum Gasteiger partial charge on any atom is -0.319 e. The molecule has 1 N–H and O–H groups in total. The minimum atomic E-state index is -0.202. The maximum Gasteiger partial charge on any atom is 0.256 e. The molecule has 0 radical (unpaired) electrons. The highest BCUT2D eigenvalue weighted by atomic mass is 16.1. The number of carbonyl (C=O) groups is 1.